The minimum absolute atomic E-state index is 0.230. The van der Waals surface area contributed by atoms with Gasteiger partial charge in [0.2, 0.25) is 10.0 Å². The van der Waals surface area contributed by atoms with Crippen LogP contribution in [0.15, 0.2) is 24.4 Å². The summed E-state index contributed by atoms with van der Waals surface area (Å²) in [7, 11) is -3.16. The first-order valence-corrected chi connectivity index (χ1v) is 11.3. The molecule has 0 aliphatic carbocycles. The molecule has 28 heavy (non-hydrogen) atoms. The van der Waals surface area contributed by atoms with E-state index in [-0.39, 0.29) is 5.75 Å². The van der Waals surface area contributed by atoms with Gasteiger partial charge in [-0.3, -0.25) is 0 Å². The Balaban J connectivity index is 1.69. The molecule has 8 nitrogen and oxygen atoms in total. The molecule has 3 heterocycles. The molecule has 0 amide bonds. The molecule has 1 saturated heterocycles. The Bertz CT molecular complexity index is 910. The smallest absolute Gasteiger partial charge is 0.214 e. The summed E-state index contributed by atoms with van der Waals surface area (Å²) < 4.78 is 26.4. The zero-order valence-electron chi connectivity index (χ0n) is 16.7. The molecular formula is C19H28N6O2S. The van der Waals surface area contributed by atoms with Crippen molar-refractivity contribution in [2.24, 2.45) is 0 Å². The van der Waals surface area contributed by atoms with Gasteiger partial charge in [-0.05, 0) is 38.0 Å². The van der Waals surface area contributed by atoms with Crippen molar-refractivity contribution in [1.82, 2.24) is 19.3 Å². The third kappa shape index (κ3) is 5.17. The van der Waals surface area contributed by atoms with Gasteiger partial charge in [-0.1, -0.05) is 13.3 Å². The molecule has 1 aliphatic heterocycles. The van der Waals surface area contributed by atoms with E-state index in [1.165, 1.54) is 0 Å². The number of rotatable bonds is 7. The molecule has 2 aromatic heterocycles. The third-order valence-corrected chi connectivity index (χ3v) is 6.66. The van der Waals surface area contributed by atoms with Crippen molar-refractivity contribution < 1.29 is 8.42 Å². The predicted molar refractivity (Wildman–Crippen MR) is 112 cm³/mol. The zero-order chi connectivity index (χ0) is 20.1. The van der Waals surface area contributed by atoms with Crippen LogP contribution in [0.5, 0.6) is 0 Å². The van der Waals surface area contributed by atoms with Crippen molar-refractivity contribution in [3.63, 3.8) is 0 Å². The van der Waals surface area contributed by atoms with Gasteiger partial charge in [0.15, 0.2) is 0 Å². The van der Waals surface area contributed by atoms with E-state index in [0.29, 0.717) is 44.2 Å². The molecule has 0 saturated carbocycles. The Labute approximate surface area is 167 Å². The van der Waals surface area contributed by atoms with Crippen LogP contribution in [0.3, 0.4) is 0 Å². The SMILES string of the molecule is CCCCS(=O)(=O)N1CCN(c2cc(Nc3cc(C)ccn3)nc(C)n2)CC1. The summed E-state index contributed by atoms with van der Waals surface area (Å²) in [4.78, 5) is 15.4. The normalized spacial score (nSPS) is 15.6. The molecule has 0 aromatic carbocycles. The second-order valence-electron chi connectivity index (χ2n) is 7.06. The number of sulfonamides is 1. The summed E-state index contributed by atoms with van der Waals surface area (Å²) in [5.41, 5.74) is 1.11. The van der Waals surface area contributed by atoms with E-state index >= 15 is 0 Å². The lowest BCUT2D eigenvalue weighted by atomic mass is 10.3. The first-order chi connectivity index (χ1) is 13.4. The average Bonchev–Trinajstić information content (AvgIpc) is 2.66. The van der Waals surface area contributed by atoms with E-state index in [2.05, 4.69) is 25.2 Å². The molecule has 152 valence electrons. The highest BCUT2D eigenvalue weighted by Gasteiger charge is 2.27. The van der Waals surface area contributed by atoms with Crippen molar-refractivity contribution in [3.05, 3.63) is 35.8 Å². The molecule has 0 atom stereocenters. The number of anilines is 3. The molecule has 0 unspecified atom stereocenters. The second kappa shape index (κ2) is 8.83. The number of pyridine rings is 1. The summed E-state index contributed by atoms with van der Waals surface area (Å²) in [6, 6.07) is 5.78. The largest absolute Gasteiger partial charge is 0.354 e. The van der Waals surface area contributed by atoms with Gasteiger partial charge in [0.1, 0.15) is 23.3 Å². The molecule has 2 aromatic rings. The van der Waals surface area contributed by atoms with Gasteiger partial charge >= 0.3 is 0 Å². The molecule has 0 spiro atoms. The zero-order valence-corrected chi connectivity index (χ0v) is 17.5. The molecule has 3 rings (SSSR count). The van der Waals surface area contributed by atoms with Crippen LogP contribution in [-0.4, -0.2) is 59.6 Å². The molecule has 9 heteroatoms. The lowest BCUT2D eigenvalue weighted by Crippen LogP contribution is -2.49. The van der Waals surface area contributed by atoms with E-state index in [1.54, 1.807) is 10.5 Å². The van der Waals surface area contributed by atoms with Gasteiger partial charge in [0.25, 0.3) is 0 Å². The van der Waals surface area contributed by atoms with Crippen molar-refractivity contribution in [2.45, 2.75) is 33.6 Å². The Morgan fingerprint density at radius 3 is 2.50 bits per heavy atom. The van der Waals surface area contributed by atoms with E-state index in [1.807, 2.05) is 39.0 Å². The maximum Gasteiger partial charge on any atom is 0.214 e. The van der Waals surface area contributed by atoms with Gasteiger partial charge in [-0.15, -0.1) is 0 Å². The summed E-state index contributed by atoms with van der Waals surface area (Å²) in [5.74, 6) is 3.10. The van der Waals surface area contributed by atoms with Crippen molar-refractivity contribution in [3.8, 4) is 0 Å². The molecule has 1 N–H and O–H groups in total. The lowest BCUT2D eigenvalue weighted by Gasteiger charge is -2.34. The maximum atomic E-state index is 12.4. The van der Waals surface area contributed by atoms with Crippen LogP contribution in [0.1, 0.15) is 31.2 Å². The number of hydrogen-bond donors (Lipinski definition) is 1. The number of aryl methyl sites for hydroxylation is 2. The highest BCUT2D eigenvalue weighted by molar-refractivity contribution is 7.89. The quantitative estimate of drug-likeness (QED) is 0.758. The van der Waals surface area contributed by atoms with Crippen LogP contribution < -0.4 is 10.2 Å². The van der Waals surface area contributed by atoms with Gasteiger partial charge < -0.3 is 10.2 Å². The average molecular weight is 405 g/mol. The number of unbranched alkanes of at least 4 members (excludes halogenated alkanes) is 1. The standard InChI is InChI=1S/C19H28N6O2S/c1-4-5-12-28(26,27)25-10-8-24(9-11-25)19-14-18(21-16(3)22-19)23-17-13-15(2)6-7-20-17/h6-7,13-14H,4-5,8-12H2,1-3H3,(H,20,21,22,23). The monoisotopic (exact) mass is 404 g/mol. The van der Waals surface area contributed by atoms with Gasteiger partial charge in [-0.25, -0.2) is 23.4 Å². The number of piperazine rings is 1. The fourth-order valence-corrected chi connectivity index (χ4v) is 4.80. The van der Waals surface area contributed by atoms with Crippen molar-refractivity contribution in [2.75, 3.05) is 42.1 Å². The molecule has 1 aliphatic rings. The minimum atomic E-state index is -3.16. The fourth-order valence-electron chi connectivity index (χ4n) is 3.16. The van der Waals surface area contributed by atoms with Crippen LogP contribution in [0.25, 0.3) is 0 Å². The molecule has 0 radical (unpaired) electrons. The summed E-state index contributed by atoms with van der Waals surface area (Å²) in [5, 5.41) is 3.23. The van der Waals surface area contributed by atoms with Crippen LogP contribution >= 0.6 is 0 Å². The van der Waals surface area contributed by atoms with Crippen LogP contribution in [0, 0.1) is 13.8 Å². The highest BCUT2D eigenvalue weighted by Crippen LogP contribution is 2.21. The Morgan fingerprint density at radius 2 is 1.82 bits per heavy atom. The van der Waals surface area contributed by atoms with E-state index in [9.17, 15) is 8.42 Å². The summed E-state index contributed by atoms with van der Waals surface area (Å²) >= 11 is 0. The lowest BCUT2D eigenvalue weighted by molar-refractivity contribution is 0.383. The minimum Gasteiger partial charge on any atom is -0.354 e. The van der Waals surface area contributed by atoms with Gasteiger partial charge in [-0.2, -0.15) is 4.31 Å². The van der Waals surface area contributed by atoms with Gasteiger partial charge in [0, 0.05) is 38.4 Å². The first-order valence-electron chi connectivity index (χ1n) is 9.65. The molecule has 0 bridgehead atoms. The van der Waals surface area contributed by atoms with Crippen LogP contribution in [0.2, 0.25) is 0 Å². The number of nitrogens with zero attached hydrogens (tertiary/aromatic N) is 5. The van der Waals surface area contributed by atoms with E-state index in [4.69, 9.17) is 0 Å². The maximum absolute atomic E-state index is 12.4. The Kier molecular flexibility index (Phi) is 6.46. The molecule has 1 fully saturated rings. The first kappa shape index (κ1) is 20.5. The van der Waals surface area contributed by atoms with Crippen LogP contribution in [0.4, 0.5) is 17.5 Å². The Hall–Kier alpha value is -2.26. The number of aromatic nitrogens is 3. The van der Waals surface area contributed by atoms with E-state index in [0.717, 1.165) is 23.6 Å². The number of hydrogen-bond acceptors (Lipinski definition) is 7. The van der Waals surface area contributed by atoms with Crippen molar-refractivity contribution >= 4 is 27.5 Å². The highest BCUT2D eigenvalue weighted by atomic mass is 32.2. The summed E-state index contributed by atoms with van der Waals surface area (Å²) in [6.45, 7) is 8.06. The topological polar surface area (TPSA) is 91.3 Å². The second-order valence-corrected chi connectivity index (χ2v) is 9.15. The third-order valence-electron chi connectivity index (χ3n) is 4.71. The Morgan fingerprint density at radius 1 is 1.07 bits per heavy atom. The molecular weight excluding hydrogens is 376 g/mol. The van der Waals surface area contributed by atoms with Gasteiger partial charge in [0.05, 0.1) is 5.75 Å². The predicted octanol–water partition coefficient (Wildman–Crippen LogP) is 2.48. The summed E-state index contributed by atoms with van der Waals surface area (Å²) in [6.07, 6.45) is 3.34. The fraction of sp³-hybridized carbons (Fsp3) is 0.526. The van der Waals surface area contributed by atoms with E-state index < -0.39 is 10.0 Å². The number of nitrogens with one attached hydrogen (secondary N) is 1. The van der Waals surface area contributed by atoms with Crippen molar-refractivity contribution in [1.29, 1.82) is 0 Å². The van der Waals surface area contributed by atoms with Crippen LogP contribution in [-0.2, 0) is 10.0 Å².